The van der Waals surface area contributed by atoms with Crippen LogP contribution in [0.15, 0.2) is 18.3 Å². The Labute approximate surface area is 94.5 Å². The van der Waals surface area contributed by atoms with Crippen LogP contribution >= 0.6 is 15.9 Å². The first kappa shape index (κ1) is 11.5. The minimum absolute atomic E-state index is 0.989. The number of aromatic nitrogens is 1. The highest BCUT2D eigenvalue weighted by atomic mass is 79.9. The number of halogens is 1. The van der Waals surface area contributed by atoms with Crippen LogP contribution in [0.1, 0.15) is 18.9 Å². The van der Waals surface area contributed by atoms with Crippen LogP contribution in [0.3, 0.4) is 0 Å². The third-order valence-electron chi connectivity index (χ3n) is 2.13. The van der Waals surface area contributed by atoms with E-state index in [4.69, 9.17) is 0 Å². The number of pyridine rings is 1. The van der Waals surface area contributed by atoms with Crippen LogP contribution in [-0.4, -0.2) is 23.4 Å². The van der Waals surface area contributed by atoms with Gasteiger partial charge in [0.05, 0.1) is 0 Å². The second-order valence-electron chi connectivity index (χ2n) is 3.32. The molecule has 0 spiro atoms. The standard InChI is InChI=1S/C11H17BrN2/c1-3-8-14(9-6-12)11-10(2)5-4-7-13-11/h4-5,7H,3,6,8-9H2,1-2H3. The minimum Gasteiger partial charge on any atom is -0.356 e. The highest BCUT2D eigenvalue weighted by Crippen LogP contribution is 2.16. The highest BCUT2D eigenvalue weighted by Gasteiger charge is 2.07. The van der Waals surface area contributed by atoms with E-state index in [1.807, 2.05) is 12.3 Å². The quantitative estimate of drug-likeness (QED) is 0.754. The first-order valence-electron chi connectivity index (χ1n) is 5.02. The zero-order chi connectivity index (χ0) is 10.4. The summed E-state index contributed by atoms with van der Waals surface area (Å²) in [6.45, 7) is 6.40. The maximum atomic E-state index is 4.42. The van der Waals surface area contributed by atoms with E-state index < -0.39 is 0 Å². The Kier molecular flexibility index (Phi) is 4.94. The van der Waals surface area contributed by atoms with Gasteiger partial charge in [-0.3, -0.25) is 0 Å². The first-order valence-corrected chi connectivity index (χ1v) is 6.14. The van der Waals surface area contributed by atoms with Crippen molar-refractivity contribution in [3.63, 3.8) is 0 Å². The minimum atomic E-state index is 0.989. The molecule has 1 rings (SSSR count). The summed E-state index contributed by atoms with van der Waals surface area (Å²) in [6.07, 6.45) is 3.02. The molecule has 3 heteroatoms. The molecular weight excluding hydrogens is 240 g/mol. The zero-order valence-electron chi connectivity index (χ0n) is 8.83. The van der Waals surface area contributed by atoms with Gasteiger partial charge in [-0.25, -0.2) is 4.98 Å². The van der Waals surface area contributed by atoms with Crippen LogP contribution in [-0.2, 0) is 0 Å². The molecule has 0 saturated heterocycles. The normalized spacial score (nSPS) is 10.2. The SMILES string of the molecule is CCCN(CCBr)c1ncccc1C. The van der Waals surface area contributed by atoms with Crippen molar-refractivity contribution in [3.8, 4) is 0 Å². The van der Waals surface area contributed by atoms with Crippen LogP contribution in [0, 0.1) is 6.92 Å². The van der Waals surface area contributed by atoms with Crippen molar-refractivity contribution in [1.29, 1.82) is 0 Å². The van der Waals surface area contributed by atoms with Gasteiger partial charge < -0.3 is 4.90 Å². The molecule has 14 heavy (non-hydrogen) atoms. The molecule has 0 saturated carbocycles. The molecule has 0 aliphatic carbocycles. The molecule has 0 aliphatic heterocycles. The first-order chi connectivity index (χ1) is 6.79. The van der Waals surface area contributed by atoms with Crippen molar-refractivity contribution in [2.75, 3.05) is 23.3 Å². The lowest BCUT2D eigenvalue weighted by Crippen LogP contribution is -2.27. The van der Waals surface area contributed by atoms with Gasteiger partial charge in [-0.05, 0) is 25.0 Å². The van der Waals surface area contributed by atoms with Crippen LogP contribution in [0.25, 0.3) is 0 Å². The predicted octanol–water partition coefficient (Wildman–Crippen LogP) is 3.00. The average molecular weight is 257 g/mol. The number of anilines is 1. The van der Waals surface area contributed by atoms with Gasteiger partial charge in [-0.15, -0.1) is 0 Å². The van der Waals surface area contributed by atoms with Crippen LogP contribution < -0.4 is 4.90 Å². The van der Waals surface area contributed by atoms with Gasteiger partial charge in [0.1, 0.15) is 5.82 Å². The third kappa shape index (κ3) is 2.98. The zero-order valence-corrected chi connectivity index (χ0v) is 10.4. The maximum absolute atomic E-state index is 4.42. The molecular formula is C11H17BrN2. The molecule has 0 unspecified atom stereocenters. The van der Waals surface area contributed by atoms with Gasteiger partial charge in [0.2, 0.25) is 0 Å². The molecule has 0 bridgehead atoms. The summed E-state index contributed by atoms with van der Waals surface area (Å²) in [4.78, 5) is 6.74. The lowest BCUT2D eigenvalue weighted by molar-refractivity contribution is 0.780. The molecule has 0 fully saturated rings. The number of nitrogens with zero attached hydrogens (tertiary/aromatic N) is 2. The fourth-order valence-electron chi connectivity index (χ4n) is 1.50. The molecule has 2 nitrogen and oxygen atoms in total. The van der Waals surface area contributed by atoms with Crippen molar-refractivity contribution >= 4 is 21.7 Å². The third-order valence-corrected chi connectivity index (χ3v) is 2.48. The monoisotopic (exact) mass is 256 g/mol. The van der Waals surface area contributed by atoms with E-state index >= 15 is 0 Å². The van der Waals surface area contributed by atoms with Gasteiger partial charge in [0, 0.05) is 24.6 Å². The van der Waals surface area contributed by atoms with Gasteiger partial charge in [-0.1, -0.05) is 28.9 Å². The second kappa shape index (κ2) is 6.02. The Morgan fingerprint density at radius 1 is 1.43 bits per heavy atom. The second-order valence-corrected chi connectivity index (χ2v) is 4.11. The molecule has 0 radical (unpaired) electrons. The van der Waals surface area contributed by atoms with Gasteiger partial charge >= 0.3 is 0 Å². The highest BCUT2D eigenvalue weighted by molar-refractivity contribution is 9.09. The van der Waals surface area contributed by atoms with Crippen molar-refractivity contribution in [2.24, 2.45) is 0 Å². The smallest absolute Gasteiger partial charge is 0.131 e. The summed E-state index contributed by atoms with van der Waals surface area (Å²) < 4.78 is 0. The van der Waals surface area contributed by atoms with Crippen molar-refractivity contribution < 1.29 is 0 Å². The maximum Gasteiger partial charge on any atom is 0.131 e. The molecule has 0 aromatic carbocycles. The van der Waals surface area contributed by atoms with E-state index in [1.54, 1.807) is 0 Å². The van der Waals surface area contributed by atoms with Gasteiger partial charge in [0.15, 0.2) is 0 Å². The molecule has 0 amide bonds. The van der Waals surface area contributed by atoms with Gasteiger partial charge in [-0.2, -0.15) is 0 Å². The van der Waals surface area contributed by atoms with Crippen molar-refractivity contribution in [2.45, 2.75) is 20.3 Å². The van der Waals surface area contributed by atoms with Gasteiger partial charge in [0.25, 0.3) is 0 Å². The average Bonchev–Trinajstić information content (AvgIpc) is 2.18. The lowest BCUT2D eigenvalue weighted by Gasteiger charge is -2.23. The van der Waals surface area contributed by atoms with Crippen molar-refractivity contribution in [3.05, 3.63) is 23.9 Å². The van der Waals surface area contributed by atoms with Crippen LogP contribution in [0.4, 0.5) is 5.82 Å². The topological polar surface area (TPSA) is 16.1 Å². The molecule has 78 valence electrons. The van der Waals surface area contributed by atoms with Crippen molar-refractivity contribution in [1.82, 2.24) is 4.98 Å². The summed E-state index contributed by atoms with van der Waals surface area (Å²) in [7, 11) is 0. The number of hydrogen-bond donors (Lipinski definition) is 0. The summed E-state index contributed by atoms with van der Waals surface area (Å²) in [5.74, 6) is 1.12. The number of aryl methyl sites for hydroxylation is 1. The van der Waals surface area contributed by atoms with E-state index in [1.165, 1.54) is 5.56 Å². The Morgan fingerprint density at radius 2 is 2.21 bits per heavy atom. The molecule has 1 aromatic heterocycles. The number of alkyl halides is 1. The summed E-state index contributed by atoms with van der Waals surface area (Å²) >= 11 is 3.47. The predicted molar refractivity (Wildman–Crippen MR) is 65.3 cm³/mol. The summed E-state index contributed by atoms with van der Waals surface area (Å²) in [6, 6.07) is 4.09. The Balaban J connectivity index is 2.81. The molecule has 0 atom stereocenters. The van der Waals surface area contributed by atoms with E-state index in [2.05, 4.69) is 45.7 Å². The molecule has 0 aliphatic rings. The fraction of sp³-hybridized carbons (Fsp3) is 0.545. The van der Waals surface area contributed by atoms with E-state index in [-0.39, 0.29) is 0 Å². The van der Waals surface area contributed by atoms with E-state index in [0.29, 0.717) is 0 Å². The Bertz CT molecular complexity index is 270. The summed E-state index contributed by atoms with van der Waals surface area (Å²) in [5, 5.41) is 0.989. The largest absolute Gasteiger partial charge is 0.356 e. The fourth-order valence-corrected chi connectivity index (χ4v) is 1.93. The summed E-state index contributed by atoms with van der Waals surface area (Å²) in [5.41, 5.74) is 1.25. The van der Waals surface area contributed by atoms with E-state index in [0.717, 1.165) is 30.7 Å². The molecule has 0 N–H and O–H groups in total. The Morgan fingerprint density at radius 3 is 2.79 bits per heavy atom. The number of hydrogen-bond acceptors (Lipinski definition) is 2. The molecule has 1 aromatic rings. The Hall–Kier alpha value is -0.570. The lowest BCUT2D eigenvalue weighted by atomic mass is 10.2. The van der Waals surface area contributed by atoms with E-state index in [9.17, 15) is 0 Å². The van der Waals surface area contributed by atoms with Crippen LogP contribution in [0.2, 0.25) is 0 Å². The van der Waals surface area contributed by atoms with Crippen LogP contribution in [0.5, 0.6) is 0 Å². The number of rotatable bonds is 5. The molecule has 1 heterocycles.